The van der Waals surface area contributed by atoms with Crippen molar-refractivity contribution in [2.24, 2.45) is 17.6 Å². The molecule has 1 rings (SSSR count). The maximum Gasteiger partial charge on any atom is 0.472 e. The lowest BCUT2D eigenvalue weighted by molar-refractivity contribution is -0.160. The first-order chi connectivity index (χ1) is 28.0. The summed E-state index contributed by atoms with van der Waals surface area (Å²) in [6.07, 6.45) is 31.9. The van der Waals surface area contributed by atoms with E-state index in [1.165, 1.54) is 96.3 Å². The zero-order valence-corrected chi connectivity index (χ0v) is 37.3. The number of esters is 2. The van der Waals surface area contributed by atoms with Gasteiger partial charge >= 0.3 is 19.8 Å². The van der Waals surface area contributed by atoms with Gasteiger partial charge in [0.25, 0.3) is 0 Å². The summed E-state index contributed by atoms with van der Waals surface area (Å²) in [5.74, 6) is -1.72. The van der Waals surface area contributed by atoms with Crippen LogP contribution in [0.2, 0.25) is 0 Å². The van der Waals surface area contributed by atoms with E-state index in [1.807, 2.05) is 0 Å². The fraction of sp³-hybridized carbons (Fsp3) is 0.867. The van der Waals surface area contributed by atoms with Gasteiger partial charge in [-0.2, -0.15) is 0 Å². The van der Waals surface area contributed by atoms with Gasteiger partial charge in [-0.25, -0.2) is 4.57 Å². The van der Waals surface area contributed by atoms with Gasteiger partial charge in [0.05, 0.1) is 37.9 Å². The maximum atomic E-state index is 12.7. The minimum Gasteiger partial charge on any atom is -0.461 e. The molecule has 6 N–H and O–H groups in total. The first-order valence-electron chi connectivity index (χ1n) is 23.1. The number of ether oxygens (including phenoxy) is 2. The van der Waals surface area contributed by atoms with Crippen LogP contribution in [0.5, 0.6) is 0 Å². The fourth-order valence-corrected chi connectivity index (χ4v) is 8.20. The van der Waals surface area contributed by atoms with Gasteiger partial charge in [0.15, 0.2) is 6.10 Å². The molecule has 0 spiro atoms. The third kappa shape index (κ3) is 29.6. The summed E-state index contributed by atoms with van der Waals surface area (Å²) in [4.78, 5) is 35.2. The number of allylic oxidation sites excluding steroid dienone is 1. The fourth-order valence-electron chi connectivity index (χ4n) is 7.43. The Bertz CT molecular complexity index is 1120. The van der Waals surface area contributed by atoms with E-state index in [4.69, 9.17) is 24.3 Å². The Kier molecular flexibility index (Phi) is 33.8. The van der Waals surface area contributed by atoms with Crippen molar-refractivity contribution in [2.45, 2.75) is 212 Å². The van der Waals surface area contributed by atoms with Crippen molar-refractivity contribution in [2.75, 3.05) is 26.4 Å². The zero-order chi connectivity index (χ0) is 42.7. The first kappa shape index (κ1) is 54.4. The van der Waals surface area contributed by atoms with Gasteiger partial charge in [-0.15, -0.1) is 0 Å². The molecule has 0 bridgehead atoms. The Morgan fingerprint density at radius 1 is 0.724 bits per heavy atom. The quantitative estimate of drug-likeness (QED) is 0.0170. The average Bonchev–Trinajstić information content (AvgIpc) is 3.47. The number of hydrogen-bond acceptors (Lipinski definition) is 11. The van der Waals surface area contributed by atoms with Crippen LogP contribution in [0.3, 0.4) is 0 Å². The molecule has 12 nitrogen and oxygen atoms in total. The summed E-state index contributed by atoms with van der Waals surface area (Å²) in [5.41, 5.74) is 5.35. The SMILES string of the molecule is CCCCCCCCCCCCCCCCCCCCCC(=O)O[C@H](COC(=O)C/C=C\C[C@H]1[C@@H](/C=C/[C@H](O)CCCCC)[C@H](O)C[C@@H]1O)COP(=O)(O)OCCN. The van der Waals surface area contributed by atoms with E-state index < -0.39 is 50.8 Å². The van der Waals surface area contributed by atoms with Crippen LogP contribution >= 0.6 is 7.82 Å². The molecule has 0 radical (unpaired) electrons. The highest BCUT2D eigenvalue weighted by molar-refractivity contribution is 7.47. The van der Waals surface area contributed by atoms with Crippen molar-refractivity contribution in [3.63, 3.8) is 0 Å². The number of nitrogens with two attached hydrogens (primary N) is 1. The molecule has 0 aromatic rings. The topological polar surface area (TPSA) is 195 Å². The molecule has 1 saturated carbocycles. The number of unbranched alkanes of at least 4 members (excludes halogenated alkanes) is 20. The third-order valence-electron chi connectivity index (χ3n) is 10.9. The van der Waals surface area contributed by atoms with Crippen molar-refractivity contribution in [1.29, 1.82) is 0 Å². The third-order valence-corrected chi connectivity index (χ3v) is 11.9. The number of carbonyl (C=O) groups is 2. The van der Waals surface area contributed by atoms with Gasteiger partial charge in [-0.3, -0.25) is 18.6 Å². The van der Waals surface area contributed by atoms with E-state index in [0.717, 1.165) is 38.5 Å². The average molecular weight is 846 g/mol. The van der Waals surface area contributed by atoms with Crippen LogP contribution in [0.1, 0.15) is 187 Å². The molecule has 0 aromatic carbocycles. The molecular formula is C45H84NO11P. The number of hydrogen-bond donors (Lipinski definition) is 5. The van der Waals surface area contributed by atoms with E-state index in [9.17, 15) is 34.4 Å². The summed E-state index contributed by atoms with van der Waals surface area (Å²) in [6.45, 7) is 3.28. The van der Waals surface area contributed by atoms with E-state index in [0.29, 0.717) is 19.3 Å². The zero-order valence-electron chi connectivity index (χ0n) is 36.4. The molecule has 0 aromatic heterocycles. The molecule has 1 unspecified atom stereocenters. The Morgan fingerprint density at radius 3 is 1.81 bits per heavy atom. The number of aliphatic hydroxyl groups excluding tert-OH is 3. The van der Waals surface area contributed by atoms with Crippen molar-refractivity contribution < 1.29 is 52.9 Å². The Morgan fingerprint density at radius 2 is 1.26 bits per heavy atom. The van der Waals surface area contributed by atoms with Gasteiger partial charge in [0.1, 0.15) is 6.61 Å². The van der Waals surface area contributed by atoms with Crippen molar-refractivity contribution in [1.82, 2.24) is 0 Å². The van der Waals surface area contributed by atoms with Crippen LogP contribution in [0.25, 0.3) is 0 Å². The highest BCUT2D eigenvalue weighted by Gasteiger charge is 2.39. The van der Waals surface area contributed by atoms with Crippen LogP contribution in [-0.2, 0) is 32.7 Å². The molecule has 0 aliphatic heterocycles. The van der Waals surface area contributed by atoms with Crippen molar-refractivity contribution in [3.05, 3.63) is 24.3 Å². The Labute approximate surface area is 351 Å². The molecule has 58 heavy (non-hydrogen) atoms. The van der Waals surface area contributed by atoms with Crippen LogP contribution in [0.15, 0.2) is 24.3 Å². The van der Waals surface area contributed by atoms with Crippen molar-refractivity contribution >= 4 is 19.8 Å². The standard InChI is InChI=1S/C45H84NO11P/c1-3-5-7-8-9-10-11-12-13-14-15-16-17-18-19-20-21-22-24-30-45(51)57-39(37-56-58(52,53)55-34-33-46)36-54-44(50)29-26-25-28-40-41(43(49)35-42(40)48)32-31-38(47)27-23-6-4-2/h25-26,31-32,38-43,47-49H,3-24,27-30,33-37,46H2,1-2H3,(H,52,53)/b26-25-,32-31+/t38-,39-,40+,41-,42+,43-/m1/s1. The molecule has 340 valence electrons. The second-order valence-electron chi connectivity index (χ2n) is 16.3. The predicted octanol–water partition coefficient (Wildman–Crippen LogP) is 9.55. The summed E-state index contributed by atoms with van der Waals surface area (Å²) in [6, 6.07) is 0. The van der Waals surface area contributed by atoms with Gasteiger partial charge < -0.3 is 35.4 Å². The molecule has 13 heteroatoms. The van der Waals surface area contributed by atoms with Gasteiger partial charge in [0, 0.05) is 25.3 Å². The first-order valence-corrected chi connectivity index (χ1v) is 24.6. The molecule has 7 atom stereocenters. The summed E-state index contributed by atoms with van der Waals surface area (Å²) in [7, 11) is -4.46. The summed E-state index contributed by atoms with van der Waals surface area (Å²) < 4.78 is 32.8. The highest BCUT2D eigenvalue weighted by atomic mass is 31.2. The molecule has 0 heterocycles. The normalized spacial score (nSPS) is 20.5. The second-order valence-corrected chi connectivity index (χ2v) is 17.7. The monoisotopic (exact) mass is 846 g/mol. The summed E-state index contributed by atoms with van der Waals surface area (Å²) >= 11 is 0. The Hall–Kier alpha value is -1.63. The smallest absolute Gasteiger partial charge is 0.461 e. The molecule has 0 amide bonds. The maximum absolute atomic E-state index is 12.7. The van der Waals surface area contributed by atoms with Crippen molar-refractivity contribution in [3.8, 4) is 0 Å². The minimum absolute atomic E-state index is 0.0107. The molecule has 1 aliphatic carbocycles. The number of aliphatic hydroxyl groups is 3. The minimum atomic E-state index is -4.46. The van der Waals surface area contributed by atoms with E-state index in [-0.39, 0.29) is 50.9 Å². The van der Waals surface area contributed by atoms with Gasteiger partial charge in [-0.1, -0.05) is 173 Å². The van der Waals surface area contributed by atoms with Gasteiger partial charge in [-0.05, 0) is 25.2 Å². The number of phosphoric acid groups is 1. The van der Waals surface area contributed by atoms with Crippen LogP contribution in [-0.4, -0.2) is 82.9 Å². The largest absolute Gasteiger partial charge is 0.472 e. The molecule has 0 saturated heterocycles. The van der Waals surface area contributed by atoms with Crippen LogP contribution < -0.4 is 5.73 Å². The van der Waals surface area contributed by atoms with Crippen LogP contribution in [0, 0.1) is 11.8 Å². The molecule has 1 fully saturated rings. The Balaban J connectivity index is 2.37. The number of carbonyl (C=O) groups excluding carboxylic acids is 2. The van der Waals surface area contributed by atoms with E-state index in [2.05, 4.69) is 13.8 Å². The molecule has 1 aliphatic rings. The van der Waals surface area contributed by atoms with E-state index in [1.54, 1.807) is 24.3 Å². The van der Waals surface area contributed by atoms with E-state index >= 15 is 0 Å². The lowest BCUT2D eigenvalue weighted by atomic mass is 9.89. The van der Waals surface area contributed by atoms with Crippen LogP contribution in [0.4, 0.5) is 0 Å². The second kappa shape index (κ2) is 36.1. The lowest BCUT2D eigenvalue weighted by Crippen LogP contribution is -2.29. The van der Waals surface area contributed by atoms with Gasteiger partial charge in [0.2, 0.25) is 0 Å². The number of phosphoric ester groups is 1. The predicted molar refractivity (Wildman–Crippen MR) is 231 cm³/mol. The number of rotatable bonds is 39. The highest BCUT2D eigenvalue weighted by Crippen LogP contribution is 2.43. The molecular weight excluding hydrogens is 761 g/mol. The lowest BCUT2D eigenvalue weighted by Gasteiger charge is -2.20. The summed E-state index contributed by atoms with van der Waals surface area (Å²) in [5, 5.41) is 31.3.